The van der Waals surface area contributed by atoms with Crippen LogP contribution in [0.2, 0.25) is 0 Å². The third-order valence-corrected chi connectivity index (χ3v) is 5.84. The highest BCUT2D eigenvalue weighted by molar-refractivity contribution is 7.10. The number of nitrogens with one attached hydrogen (secondary N) is 2. The lowest BCUT2D eigenvalue weighted by Crippen LogP contribution is -3.08. The summed E-state index contributed by atoms with van der Waals surface area (Å²) in [6, 6.07) is 16.0. The van der Waals surface area contributed by atoms with Crippen LogP contribution in [-0.4, -0.2) is 9.97 Å². The fraction of sp³-hybridized carbons (Fsp3) is 0.158. The second kappa shape index (κ2) is 7.31. The molecule has 0 unspecified atom stereocenters. The Balaban J connectivity index is 1.62. The number of quaternary nitrogens is 1. The van der Waals surface area contributed by atoms with E-state index in [0.29, 0.717) is 11.9 Å². The second-order valence-electron chi connectivity index (χ2n) is 5.97. The lowest BCUT2D eigenvalue weighted by Gasteiger charge is -2.18. The van der Waals surface area contributed by atoms with E-state index in [0.717, 1.165) is 24.4 Å². The molecule has 0 atom stereocenters. The summed E-state index contributed by atoms with van der Waals surface area (Å²) in [6.45, 7) is 2.54. The SMILES string of the molecule is O=c1[nH]c(C[NH+](Cc2cccs2)Cc2cccs2)nc2ccccc12. The Labute approximate surface area is 153 Å². The van der Waals surface area contributed by atoms with Gasteiger partial charge in [-0.2, -0.15) is 0 Å². The van der Waals surface area contributed by atoms with Gasteiger partial charge in [-0.15, -0.1) is 22.7 Å². The Hall–Kier alpha value is -2.28. The molecular formula is C19H18N3OS2+. The van der Waals surface area contributed by atoms with Crippen LogP contribution in [0.5, 0.6) is 0 Å². The number of thiophene rings is 2. The van der Waals surface area contributed by atoms with E-state index >= 15 is 0 Å². The molecule has 4 aromatic rings. The Morgan fingerprint density at radius 2 is 1.56 bits per heavy atom. The van der Waals surface area contributed by atoms with Gasteiger partial charge in [0.25, 0.3) is 5.56 Å². The average molecular weight is 369 g/mol. The summed E-state index contributed by atoms with van der Waals surface area (Å²) < 4.78 is 0. The van der Waals surface area contributed by atoms with E-state index in [9.17, 15) is 4.79 Å². The average Bonchev–Trinajstić information content (AvgIpc) is 3.29. The predicted molar refractivity (Wildman–Crippen MR) is 103 cm³/mol. The molecule has 0 aliphatic carbocycles. The maximum atomic E-state index is 12.3. The highest BCUT2D eigenvalue weighted by atomic mass is 32.1. The minimum Gasteiger partial charge on any atom is -0.320 e. The maximum absolute atomic E-state index is 12.3. The molecule has 0 saturated carbocycles. The van der Waals surface area contributed by atoms with Gasteiger partial charge in [0, 0.05) is 0 Å². The molecule has 1 aromatic carbocycles. The third-order valence-electron chi connectivity index (χ3n) is 4.09. The third kappa shape index (κ3) is 3.87. The number of benzene rings is 1. The van der Waals surface area contributed by atoms with Gasteiger partial charge in [0.1, 0.15) is 19.6 Å². The summed E-state index contributed by atoms with van der Waals surface area (Å²) >= 11 is 3.54. The largest absolute Gasteiger partial charge is 0.320 e. The van der Waals surface area contributed by atoms with Crippen molar-refractivity contribution >= 4 is 33.6 Å². The zero-order valence-corrected chi connectivity index (χ0v) is 15.2. The Morgan fingerprint density at radius 1 is 0.880 bits per heavy atom. The highest BCUT2D eigenvalue weighted by Gasteiger charge is 2.15. The van der Waals surface area contributed by atoms with Crippen molar-refractivity contribution in [2.24, 2.45) is 0 Å². The van der Waals surface area contributed by atoms with E-state index < -0.39 is 0 Å². The Bertz CT molecular complexity index is 971. The van der Waals surface area contributed by atoms with Crippen molar-refractivity contribution in [3.05, 3.63) is 85.2 Å². The normalized spacial score (nSPS) is 11.4. The van der Waals surface area contributed by atoms with Gasteiger partial charge in [-0.05, 0) is 35.0 Å². The molecule has 126 valence electrons. The quantitative estimate of drug-likeness (QED) is 0.550. The molecule has 0 aliphatic heterocycles. The molecule has 3 aromatic heterocycles. The molecular weight excluding hydrogens is 350 g/mol. The van der Waals surface area contributed by atoms with Crippen molar-refractivity contribution in [3.63, 3.8) is 0 Å². The number of aromatic nitrogens is 2. The highest BCUT2D eigenvalue weighted by Crippen LogP contribution is 2.10. The first-order valence-electron chi connectivity index (χ1n) is 8.14. The zero-order chi connectivity index (χ0) is 17.1. The molecule has 6 heteroatoms. The molecule has 3 heterocycles. The van der Waals surface area contributed by atoms with Crippen LogP contribution >= 0.6 is 22.7 Å². The van der Waals surface area contributed by atoms with Gasteiger partial charge >= 0.3 is 0 Å². The molecule has 0 amide bonds. The van der Waals surface area contributed by atoms with Gasteiger partial charge in [0.05, 0.1) is 20.7 Å². The number of hydrogen-bond donors (Lipinski definition) is 2. The predicted octanol–water partition coefficient (Wildman–Crippen LogP) is 2.83. The number of H-pyrrole nitrogens is 1. The molecule has 0 radical (unpaired) electrons. The van der Waals surface area contributed by atoms with Crippen molar-refractivity contribution < 1.29 is 4.90 Å². The minimum atomic E-state index is -0.0628. The van der Waals surface area contributed by atoms with Crippen LogP contribution < -0.4 is 10.5 Å². The smallest absolute Gasteiger partial charge is 0.258 e. The van der Waals surface area contributed by atoms with Crippen molar-refractivity contribution in [2.45, 2.75) is 19.6 Å². The molecule has 25 heavy (non-hydrogen) atoms. The maximum Gasteiger partial charge on any atom is 0.258 e. The van der Waals surface area contributed by atoms with Gasteiger partial charge < -0.3 is 9.88 Å². The summed E-state index contributed by atoms with van der Waals surface area (Å²) in [5, 5.41) is 4.85. The monoisotopic (exact) mass is 368 g/mol. The van der Waals surface area contributed by atoms with Crippen molar-refractivity contribution in [3.8, 4) is 0 Å². The summed E-state index contributed by atoms with van der Waals surface area (Å²) in [5.41, 5.74) is 0.694. The summed E-state index contributed by atoms with van der Waals surface area (Å²) in [6.07, 6.45) is 0. The topological polar surface area (TPSA) is 50.2 Å². The second-order valence-corrected chi connectivity index (χ2v) is 8.03. The van der Waals surface area contributed by atoms with Gasteiger partial charge in [-0.3, -0.25) is 4.79 Å². The summed E-state index contributed by atoms with van der Waals surface area (Å²) in [5.74, 6) is 0.742. The molecule has 0 saturated heterocycles. The van der Waals surface area contributed by atoms with Crippen molar-refractivity contribution in [1.29, 1.82) is 0 Å². The Kier molecular flexibility index (Phi) is 4.74. The molecule has 2 N–H and O–H groups in total. The van der Waals surface area contributed by atoms with Gasteiger partial charge in [-0.25, -0.2) is 4.98 Å². The van der Waals surface area contributed by atoms with Gasteiger partial charge in [-0.1, -0.05) is 24.3 Å². The lowest BCUT2D eigenvalue weighted by atomic mass is 10.2. The fourth-order valence-electron chi connectivity index (χ4n) is 2.96. The van der Waals surface area contributed by atoms with Crippen LogP contribution in [0.15, 0.2) is 64.1 Å². The van der Waals surface area contributed by atoms with Gasteiger partial charge in [0.2, 0.25) is 0 Å². The van der Waals surface area contributed by atoms with Gasteiger partial charge in [0.15, 0.2) is 5.82 Å². The van der Waals surface area contributed by atoms with Crippen LogP contribution in [0.3, 0.4) is 0 Å². The standard InChI is InChI=1S/C19H17N3OS2/c23-19-16-7-1-2-8-17(16)20-18(21-19)13-22(11-14-5-3-9-24-14)12-15-6-4-10-25-15/h1-10H,11-13H2,(H,20,21,23)/p+1. The van der Waals surface area contributed by atoms with Crippen LogP contribution in [0.1, 0.15) is 15.6 Å². The van der Waals surface area contributed by atoms with Crippen molar-refractivity contribution in [2.75, 3.05) is 0 Å². The molecule has 0 aliphatic rings. The minimum absolute atomic E-state index is 0.0628. The van der Waals surface area contributed by atoms with Crippen LogP contribution in [0.4, 0.5) is 0 Å². The number of fused-ring (bicyclic) bond motifs is 1. The molecule has 4 nitrogen and oxygen atoms in total. The van der Waals surface area contributed by atoms with E-state index in [1.807, 2.05) is 24.3 Å². The number of para-hydroxylation sites is 1. The summed E-state index contributed by atoms with van der Waals surface area (Å²) in [7, 11) is 0. The Morgan fingerprint density at radius 3 is 2.20 bits per heavy atom. The molecule has 4 rings (SSSR count). The zero-order valence-electron chi connectivity index (χ0n) is 13.6. The number of hydrogen-bond acceptors (Lipinski definition) is 4. The van der Waals surface area contributed by atoms with E-state index in [1.165, 1.54) is 14.7 Å². The lowest BCUT2D eigenvalue weighted by molar-refractivity contribution is -0.941. The first-order valence-corrected chi connectivity index (χ1v) is 9.90. The first kappa shape index (κ1) is 16.2. The molecule has 0 fully saturated rings. The van der Waals surface area contributed by atoms with E-state index in [-0.39, 0.29) is 5.56 Å². The van der Waals surface area contributed by atoms with Crippen molar-refractivity contribution in [1.82, 2.24) is 9.97 Å². The molecule has 0 bridgehead atoms. The van der Waals surface area contributed by atoms with E-state index in [2.05, 4.69) is 45.0 Å². The summed E-state index contributed by atoms with van der Waals surface area (Å²) in [4.78, 5) is 24.0. The molecule has 0 spiro atoms. The van der Waals surface area contributed by atoms with E-state index in [1.54, 1.807) is 22.7 Å². The van der Waals surface area contributed by atoms with Crippen LogP contribution in [0.25, 0.3) is 10.9 Å². The van der Waals surface area contributed by atoms with Crippen LogP contribution in [-0.2, 0) is 19.6 Å². The van der Waals surface area contributed by atoms with Crippen LogP contribution in [0, 0.1) is 0 Å². The number of nitrogens with zero attached hydrogens (tertiary/aromatic N) is 1. The first-order chi connectivity index (χ1) is 12.3. The number of aromatic amines is 1. The number of rotatable bonds is 6. The van der Waals surface area contributed by atoms with E-state index in [4.69, 9.17) is 0 Å². The fourth-order valence-corrected chi connectivity index (χ4v) is 4.52.